The summed E-state index contributed by atoms with van der Waals surface area (Å²) in [4.78, 5) is 4.48. The molecule has 2 aliphatic rings. The Bertz CT molecular complexity index is 530. The average Bonchev–Trinajstić information content (AvgIpc) is 2.98. The first kappa shape index (κ1) is 10.3. The summed E-state index contributed by atoms with van der Waals surface area (Å²) in [5.74, 6) is 1.46. The van der Waals surface area contributed by atoms with Gasteiger partial charge < -0.3 is 10.1 Å². The monoisotopic (exact) mass is 244 g/mol. The van der Waals surface area contributed by atoms with Crippen LogP contribution in [0.3, 0.4) is 0 Å². The molecule has 1 saturated carbocycles. The Morgan fingerprint density at radius 3 is 3.06 bits per heavy atom. The van der Waals surface area contributed by atoms with E-state index < -0.39 is 0 Å². The number of nitrogens with zero attached hydrogens (tertiary/aromatic N) is 3. The molecule has 4 rings (SSSR count). The minimum atomic E-state index is 0.358. The number of pyridine rings is 1. The highest BCUT2D eigenvalue weighted by atomic mass is 16.5. The van der Waals surface area contributed by atoms with E-state index in [9.17, 15) is 0 Å². The second-order valence-corrected chi connectivity index (χ2v) is 5.15. The molecule has 0 radical (unpaired) electrons. The van der Waals surface area contributed by atoms with E-state index in [2.05, 4.69) is 15.4 Å². The fraction of sp³-hybridized carbons (Fsp3) is 0.538. The van der Waals surface area contributed by atoms with Crippen LogP contribution in [0.15, 0.2) is 24.4 Å². The molecule has 2 fully saturated rings. The van der Waals surface area contributed by atoms with Crippen LogP contribution in [0.1, 0.15) is 19.3 Å². The van der Waals surface area contributed by atoms with Crippen LogP contribution in [0.25, 0.3) is 5.65 Å². The molecule has 0 aromatic carbocycles. The van der Waals surface area contributed by atoms with Gasteiger partial charge in [-0.2, -0.15) is 4.98 Å². The Morgan fingerprint density at radius 1 is 1.28 bits per heavy atom. The van der Waals surface area contributed by atoms with Crippen molar-refractivity contribution in [3.8, 4) is 0 Å². The predicted molar refractivity (Wildman–Crippen MR) is 67.5 cm³/mol. The molecule has 2 aromatic heterocycles. The Morgan fingerprint density at radius 2 is 2.22 bits per heavy atom. The van der Waals surface area contributed by atoms with Crippen LogP contribution in [0.2, 0.25) is 0 Å². The van der Waals surface area contributed by atoms with Gasteiger partial charge in [0.1, 0.15) is 0 Å². The minimum absolute atomic E-state index is 0.358. The number of hydrogen-bond donors (Lipinski definition) is 1. The van der Waals surface area contributed by atoms with Crippen molar-refractivity contribution < 1.29 is 4.74 Å². The van der Waals surface area contributed by atoms with Crippen molar-refractivity contribution in [1.29, 1.82) is 0 Å². The van der Waals surface area contributed by atoms with E-state index in [1.807, 2.05) is 24.4 Å². The van der Waals surface area contributed by atoms with Crippen molar-refractivity contribution in [3.63, 3.8) is 0 Å². The zero-order valence-corrected chi connectivity index (χ0v) is 10.1. The molecular formula is C13H16N4O. The molecule has 2 aromatic rings. The molecule has 5 heteroatoms. The highest BCUT2D eigenvalue weighted by Crippen LogP contribution is 2.39. The average molecular weight is 244 g/mol. The highest BCUT2D eigenvalue weighted by molar-refractivity contribution is 5.43. The van der Waals surface area contributed by atoms with Crippen LogP contribution in [-0.4, -0.2) is 33.4 Å². The number of rotatable bonds is 3. The summed E-state index contributed by atoms with van der Waals surface area (Å²) < 4.78 is 7.61. The van der Waals surface area contributed by atoms with Crippen molar-refractivity contribution >= 4 is 11.6 Å². The zero-order valence-electron chi connectivity index (χ0n) is 10.1. The molecule has 5 nitrogen and oxygen atoms in total. The third-order valence-electron chi connectivity index (χ3n) is 3.78. The quantitative estimate of drug-likeness (QED) is 0.893. The smallest absolute Gasteiger partial charge is 0.243 e. The largest absolute Gasteiger partial charge is 0.376 e. The fourth-order valence-electron chi connectivity index (χ4n) is 2.71. The van der Waals surface area contributed by atoms with E-state index in [0.717, 1.165) is 24.6 Å². The third-order valence-corrected chi connectivity index (χ3v) is 3.78. The Hall–Kier alpha value is -1.62. The summed E-state index contributed by atoms with van der Waals surface area (Å²) in [5, 5.41) is 7.86. The third kappa shape index (κ3) is 1.75. The van der Waals surface area contributed by atoms with Gasteiger partial charge in [0.25, 0.3) is 0 Å². The lowest BCUT2D eigenvalue weighted by atomic mass is 10.1. The molecule has 0 amide bonds. The molecule has 1 N–H and O–H groups in total. The van der Waals surface area contributed by atoms with Gasteiger partial charge in [0, 0.05) is 12.8 Å². The predicted octanol–water partition coefficient (Wildman–Crippen LogP) is 1.71. The topological polar surface area (TPSA) is 51.5 Å². The number of aromatic nitrogens is 3. The fourth-order valence-corrected chi connectivity index (χ4v) is 2.71. The molecular weight excluding hydrogens is 228 g/mol. The number of nitrogens with one attached hydrogen (secondary N) is 1. The van der Waals surface area contributed by atoms with Crippen molar-refractivity contribution in [2.75, 3.05) is 11.9 Å². The molecule has 0 bridgehead atoms. The van der Waals surface area contributed by atoms with Gasteiger partial charge >= 0.3 is 0 Å². The lowest BCUT2D eigenvalue weighted by molar-refractivity contribution is 0.0897. The lowest BCUT2D eigenvalue weighted by Crippen LogP contribution is -2.31. The van der Waals surface area contributed by atoms with Crippen molar-refractivity contribution in [2.24, 2.45) is 5.92 Å². The summed E-state index contributed by atoms with van der Waals surface area (Å²) in [6.45, 7) is 0.853. The summed E-state index contributed by atoms with van der Waals surface area (Å²) in [5.41, 5.74) is 0.877. The molecule has 94 valence electrons. The van der Waals surface area contributed by atoms with Crippen LogP contribution in [0.4, 0.5) is 5.95 Å². The summed E-state index contributed by atoms with van der Waals surface area (Å²) in [6.07, 6.45) is 5.94. The second kappa shape index (κ2) is 3.95. The standard InChI is InChI=1S/C13H16N4O/c1-2-7-17-11(3-1)15-13(16-17)14-10-6-8-18-12(10)9-4-5-9/h1-3,7,9-10,12H,4-6,8H2,(H,14,16). The van der Waals surface area contributed by atoms with E-state index in [1.54, 1.807) is 4.52 Å². The molecule has 1 saturated heterocycles. The summed E-state index contributed by atoms with van der Waals surface area (Å²) in [7, 11) is 0. The Kier molecular flexibility index (Phi) is 2.26. The summed E-state index contributed by atoms with van der Waals surface area (Å²) in [6, 6.07) is 6.26. The van der Waals surface area contributed by atoms with Crippen molar-refractivity contribution in [3.05, 3.63) is 24.4 Å². The van der Waals surface area contributed by atoms with Gasteiger partial charge in [-0.25, -0.2) is 4.52 Å². The van der Waals surface area contributed by atoms with E-state index in [0.29, 0.717) is 18.1 Å². The van der Waals surface area contributed by atoms with Crippen LogP contribution < -0.4 is 5.32 Å². The maximum atomic E-state index is 5.81. The molecule has 1 aliphatic carbocycles. The van der Waals surface area contributed by atoms with Gasteiger partial charge in [0.2, 0.25) is 5.95 Å². The summed E-state index contributed by atoms with van der Waals surface area (Å²) >= 11 is 0. The molecule has 0 spiro atoms. The minimum Gasteiger partial charge on any atom is -0.376 e. The number of ether oxygens (including phenoxy) is 1. The van der Waals surface area contributed by atoms with Gasteiger partial charge in [-0.3, -0.25) is 0 Å². The highest BCUT2D eigenvalue weighted by Gasteiger charge is 2.40. The van der Waals surface area contributed by atoms with Crippen LogP contribution >= 0.6 is 0 Å². The van der Waals surface area contributed by atoms with E-state index in [-0.39, 0.29) is 0 Å². The van der Waals surface area contributed by atoms with E-state index >= 15 is 0 Å². The lowest BCUT2D eigenvalue weighted by Gasteiger charge is -2.18. The molecule has 3 heterocycles. The van der Waals surface area contributed by atoms with Crippen LogP contribution in [-0.2, 0) is 4.74 Å². The van der Waals surface area contributed by atoms with Gasteiger partial charge in [-0.15, -0.1) is 5.10 Å². The van der Waals surface area contributed by atoms with Gasteiger partial charge in [-0.05, 0) is 37.3 Å². The second-order valence-electron chi connectivity index (χ2n) is 5.15. The van der Waals surface area contributed by atoms with Crippen molar-refractivity contribution in [1.82, 2.24) is 14.6 Å². The maximum Gasteiger partial charge on any atom is 0.243 e. The number of fused-ring (bicyclic) bond motifs is 1. The van der Waals surface area contributed by atoms with E-state index in [1.165, 1.54) is 12.8 Å². The van der Waals surface area contributed by atoms with Gasteiger partial charge in [0.05, 0.1) is 12.1 Å². The number of hydrogen-bond acceptors (Lipinski definition) is 4. The van der Waals surface area contributed by atoms with Gasteiger partial charge in [0.15, 0.2) is 5.65 Å². The van der Waals surface area contributed by atoms with Gasteiger partial charge in [-0.1, -0.05) is 6.07 Å². The molecule has 2 atom stereocenters. The van der Waals surface area contributed by atoms with Crippen LogP contribution in [0.5, 0.6) is 0 Å². The van der Waals surface area contributed by atoms with E-state index in [4.69, 9.17) is 4.74 Å². The normalized spacial score (nSPS) is 27.8. The SMILES string of the molecule is c1ccn2nc(NC3CCOC3C3CC3)nc2c1. The molecule has 2 unspecified atom stereocenters. The first-order valence-corrected chi connectivity index (χ1v) is 6.60. The Labute approximate surface area is 105 Å². The van der Waals surface area contributed by atoms with Crippen molar-refractivity contribution in [2.45, 2.75) is 31.4 Å². The maximum absolute atomic E-state index is 5.81. The van der Waals surface area contributed by atoms with Crippen LogP contribution in [0, 0.1) is 5.92 Å². The molecule has 1 aliphatic heterocycles. The number of anilines is 1. The first-order valence-electron chi connectivity index (χ1n) is 6.60. The Balaban J connectivity index is 1.56. The zero-order chi connectivity index (χ0) is 11.9. The first-order chi connectivity index (χ1) is 8.90. The molecule has 18 heavy (non-hydrogen) atoms.